The molecule has 1 saturated heterocycles. The molecule has 146 valence electrons. The van der Waals surface area contributed by atoms with Crippen molar-refractivity contribution in [2.75, 3.05) is 18.4 Å². The van der Waals surface area contributed by atoms with Crippen LogP contribution >= 0.6 is 11.3 Å². The fourth-order valence-corrected chi connectivity index (χ4v) is 4.93. The van der Waals surface area contributed by atoms with Gasteiger partial charge in [0.25, 0.3) is 5.91 Å². The molecule has 4 nitrogen and oxygen atoms in total. The molecule has 1 aliphatic rings. The van der Waals surface area contributed by atoms with Gasteiger partial charge < -0.3 is 9.73 Å². The standard InChI is InChI=1S/C23H26N2O2S/c1-2-18-16-19(23(28-18)24-22(26)20-12-9-15-27-20)21(17-10-5-3-6-11-17)25-13-7-4-8-14-25/h3,5-6,9-12,15-16,21H,2,4,7-8,13-14H2,1H3,(H,24,26)/t21-/m1/s1. The first kappa shape index (κ1) is 19.0. The molecule has 1 aliphatic heterocycles. The Morgan fingerprint density at radius 3 is 2.61 bits per heavy atom. The Morgan fingerprint density at radius 1 is 1.14 bits per heavy atom. The SMILES string of the molecule is CCc1cc([C@@H](c2ccccc2)N2CCCCC2)c(NC(=O)c2ccco2)s1. The van der Waals surface area contributed by atoms with Gasteiger partial charge in [0.15, 0.2) is 5.76 Å². The van der Waals surface area contributed by atoms with Gasteiger partial charge in [-0.3, -0.25) is 9.69 Å². The zero-order chi connectivity index (χ0) is 19.3. The van der Waals surface area contributed by atoms with Gasteiger partial charge in [-0.2, -0.15) is 0 Å². The molecule has 0 spiro atoms. The van der Waals surface area contributed by atoms with Crippen molar-refractivity contribution in [3.8, 4) is 0 Å². The molecule has 3 heterocycles. The van der Waals surface area contributed by atoms with Crippen LogP contribution in [-0.4, -0.2) is 23.9 Å². The maximum atomic E-state index is 12.6. The van der Waals surface area contributed by atoms with Crippen LogP contribution in [0.15, 0.2) is 59.2 Å². The van der Waals surface area contributed by atoms with Gasteiger partial charge in [0.05, 0.1) is 12.3 Å². The van der Waals surface area contributed by atoms with Crippen LogP contribution in [0, 0.1) is 0 Å². The van der Waals surface area contributed by atoms with E-state index in [-0.39, 0.29) is 11.9 Å². The van der Waals surface area contributed by atoms with Crippen molar-refractivity contribution in [1.29, 1.82) is 0 Å². The first-order valence-corrected chi connectivity index (χ1v) is 10.8. The number of nitrogens with zero attached hydrogens (tertiary/aromatic N) is 1. The Labute approximate surface area is 170 Å². The Balaban J connectivity index is 1.72. The largest absolute Gasteiger partial charge is 0.459 e. The minimum absolute atomic E-state index is 0.157. The number of amides is 1. The highest BCUT2D eigenvalue weighted by atomic mass is 32.1. The van der Waals surface area contributed by atoms with Crippen LogP contribution in [0.5, 0.6) is 0 Å². The number of rotatable bonds is 6. The number of carbonyl (C=O) groups is 1. The number of piperidine rings is 1. The van der Waals surface area contributed by atoms with Crippen molar-refractivity contribution < 1.29 is 9.21 Å². The monoisotopic (exact) mass is 394 g/mol. The lowest BCUT2D eigenvalue weighted by atomic mass is 9.96. The summed E-state index contributed by atoms with van der Waals surface area (Å²) in [7, 11) is 0. The van der Waals surface area contributed by atoms with Crippen molar-refractivity contribution in [3.05, 3.63) is 76.6 Å². The third-order valence-electron chi connectivity index (χ3n) is 5.30. The second-order valence-electron chi connectivity index (χ2n) is 7.19. The Kier molecular flexibility index (Phi) is 5.93. The summed E-state index contributed by atoms with van der Waals surface area (Å²) < 4.78 is 5.28. The summed E-state index contributed by atoms with van der Waals surface area (Å²) in [6.07, 6.45) is 6.23. The Hall–Kier alpha value is -2.37. The number of benzene rings is 1. The second kappa shape index (κ2) is 8.76. The topological polar surface area (TPSA) is 45.5 Å². The molecule has 28 heavy (non-hydrogen) atoms. The molecule has 0 unspecified atom stereocenters. The predicted molar refractivity (Wildman–Crippen MR) is 114 cm³/mol. The van der Waals surface area contributed by atoms with Crippen molar-refractivity contribution in [2.45, 2.75) is 38.6 Å². The molecule has 2 aromatic heterocycles. The lowest BCUT2D eigenvalue weighted by Gasteiger charge is -2.35. The third kappa shape index (κ3) is 4.05. The minimum Gasteiger partial charge on any atom is -0.459 e. The molecule has 1 fully saturated rings. The van der Waals surface area contributed by atoms with E-state index in [4.69, 9.17) is 4.42 Å². The first-order chi connectivity index (χ1) is 13.8. The van der Waals surface area contributed by atoms with Gasteiger partial charge in [-0.1, -0.05) is 43.7 Å². The predicted octanol–water partition coefficient (Wildman–Crippen LogP) is 5.73. The van der Waals surface area contributed by atoms with Crippen LogP contribution in [0.3, 0.4) is 0 Å². The van der Waals surface area contributed by atoms with Crippen LogP contribution in [0.25, 0.3) is 0 Å². The number of carbonyl (C=O) groups excluding carboxylic acids is 1. The number of likely N-dealkylation sites (tertiary alicyclic amines) is 1. The van der Waals surface area contributed by atoms with Crippen molar-refractivity contribution >= 4 is 22.2 Å². The van der Waals surface area contributed by atoms with E-state index in [0.29, 0.717) is 5.76 Å². The molecule has 1 atom stereocenters. The number of aryl methyl sites for hydroxylation is 1. The fourth-order valence-electron chi connectivity index (χ4n) is 3.90. The van der Waals surface area contributed by atoms with E-state index < -0.39 is 0 Å². The summed E-state index contributed by atoms with van der Waals surface area (Å²) in [5.41, 5.74) is 2.47. The molecule has 4 rings (SSSR count). The van der Waals surface area contributed by atoms with E-state index in [1.807, 2.05) is 0 Å². The van der Waals surface area contributed by atoms with E-state index >= 15 is 0 Å². The van der Waals surface area contributed by atoms with Crippen LogP contribution in [0.2, 0.25) is 0 Å². The molecular weight excluding hydrogens is 368 g/mol. The van der Waals surface area contributed by atoms with E-state index in [1.54, 1.807) is 23.5 Å². The molecule has 1 aromatic carbocycles. The third-order valence-corrected chi connectivity index (χ3v) is 6.51. The maximum absolute atomic E-state index is 12.6. The molecule has 3 aromatic rings. The molecule has 0 aliphatic carbocycles. The summed E-state index contributed by atoms with van der Waals surface area (Å²) >= 11 is 1.67. The Bertz CT molecular complexity index is 896. The van der Waals surface area contributed by atoms with E-state index in [9.17, 15) is 4.79 Å². The molecule has 0 radical (unpaired) electrons. The summed E-state index contributed by atoms with van der Waals surface area (Å²) in [5.74, 6) is 0.146. The van der Waals surface area contributed by atoms with Gasteiger partial charge in [0.2, 0.25) is 0 Å². The van der Waals surface area contributed by atoms with Gasteiger partial charge in [-0.15, -0.1) is 11.3 Å². The van der Waals surface area contributed by atoms with E-state index in [0.717, 1.165) is 24.5 Å². The molecule has 1 N–H and O–H groups in total. The average Bonchev–Trinajstić information content (AvgIpc) is 3.41. The van der Waals surface area contributed by atoms with E-state index in [1.165, 1.54) is 41.5 Å². The quantitative estimate of drug-likeness (QED) is 0.581. The van der Waals surface area contributed by atoms with Gasteiger partial charge >= 0.3 is 0 Å². The Morgan fingerprint density at radius 2 is 1.93 bits per heavy atom. The highest BCUT2D eigenvalue weighted by Crippen LogP contribution is 2.40. The van der Waals surface area contributed by atoms with Crippen molar-refractivity contribution in [2.24, 2.45) is 0 Å². The number of hydrogen-bond donors (Lipinski definition) is 1. The minimum atomic E-state index is -0.193. The maximum Gasteiger partial charge on any atom is 0.291 e. The van der Waals surface area contributed by atoms with Gasteiger partial charge in [0, 0.05) is 10.4 Å². The molecule has 5 heteroatoms. The summed E-state index contributed by atoms with van der Waals surface area (Å²) in [4.78, 5) is 16.5. The van der Waals surface area contributed by atoms with Crippen LogP contribution in [-0.2, 0) is 6.42 Å². The van der Waals surface area contributed by atoms with Crippen molar-refractivity contribution in [1.82, 2.24) is 4.90 Å². The average molecular weight is 395 g/mol. The summed E-state index contributed by atoms with van der Waals surface area (Å²) in [6, 6.07) is 16.5. The summed E-state index contributed by atoms with van der Waals surface area (Å²) in [6.45, 7) is 4.33. The molecule has 0 saturated carbocycles. The van der Waals surface area contributed by atoms with Crippen LogP contribution in [0.1, 0.15) is 58.8 Å². The van der Waals surface area contributed by atoms with Gasteiger partial charge in [-0.25, -0.2) is 0 Å². The number of thiophene rings is 1. The lowest BCUT2D eigenvalue weighted by molar-refractivity contribution is 0.0996. The summed E-state index contributed by atoms with van der Waals surface area (Å²) in [5, 5.41) is 4.04. The number of nitrogens with one attached hydrogen (secondary N) is 1. The normalized spacial score (nSPS) is 16.0. The number of hydrogen-bond acceptors (Lipinski definition) is 4. The van der Waals surface area contributed by atoms with E-state index in [2.05, 4.69) is 53.5 Å². The highest BCUT2D eigenvalue weighted by Gasteiger charge is 2.28. The second-order valence-corrected chi connectivity index (χ2v) is 8.33. The zero-order valence-corrected chi connectivity index (χ0v) is 17.0. The first-order valence-electron chi connectivity index (χ1n) is 10.0. The van der Waals surface area contributed by atoms with Crippen molar-refractivity contribution in [3.63, 3.8) is 0 Å². The lowest BCUT2D eigenvalue weighted by Crippen LogP contribution is -2.34. The highest BCUT2D eigenvalue weighted by molar-refractivity contribution is 7.16. The van der Waals surface area contributed by atoms with Gasteiger partial charge in [0.1, 0.15) is 5.00 Å². The molecule has 1 amide bonds. The van der Waals surface area contributed by atoms with Gasteiger partial charge in [-0.05, 0) is 56.1 Å². The molecule has 0 bridgehead atoms. The zero-order valence-electron chi connectivity index (χ0n) is 16.2. The smallest absolute Gasteiger partial charge is 0.291 e. The van der Waals surface area contributed by atoms with Crippen LogP contribution < -0.4 is 5.32 Å². The van der Waals surface area contributed by atoms with Crippen LogP contribution in [0.4, 0.5) is 5.00 Å². The fraction of sp³-hybridized carbons (Fsp3) is 0.348. The number of furan rings is 1. The number of anilines is 1. The molecular formula is C23H26N2O2S.